The van der Waals surface area contributed by atoms with E-state index < -0.39 is 47.7 Å². The Labute approximate surface area is 295 Å². The average Bonchev–Trinajstić information content (AvgIpc) is 3.03. The fourth-order valence-electron chi connectivity index (χ4n) is 4.29. The zero-order valence-corrected chi connectivity index (χ0v) is 30.3. The number of nitrogens with two attached hydrogens (primary N) is 2. The molecule has 280 valence electrons. The van der Waals surface area contributed by atoms with E-state index in [1.165, 1.54) is 9.80 Å². The molecule has 0 aliphatic carbocycles. The molecule has 0 aliphatic heterocycles. The molecule has 0 bridgehead atoms. The van der Waals surface area contributed by atoms with E-state index in [1.54, 1.807) is 66.1 Å². The molecule has 0 heterocycles. The molecule has 16 nitrogen and oxygen atoms in total. The van der Waals surface area contributed by atoms with Gasteiger partial charge in [0.25, 0.3) is 0 Å². The van der Waals surface area contributed by atoms with Crippen LogP contribution in [0.1, 0.15) is 71.8 Å². The topological polar surface area (TPSA) is 228 Å². The molecular weight excluding hydrogens is 648 g/mol. The first-order valence-corrected chi connectivity index (χ1v) is 16.6. The van der Waals surface area contributed by atoms with E-state index in [0.717, 1.165) is 12.8 Å². The summed E-state index contributed by atoms with van der Waals surface area (Å²) >= 11 is 0. The average molecular weight is 705 g/mol. The van der Waals surface area contributed by atoms with Crippen molar-refractivity contribution in [3.63, 3.8) is 0 Å². The summed E-state index contributed by atoms with van der Waals surface area (Å²) in [7, 11) is 3.14. The van der Waals surface area contributed by atoms with Crippen LogP contribution >= 0.6 is 0 Å². The van der Waals surface area contributed by atoms with Gasteiger partial charge in [0.1, 0.15) is 24.3 Å². The lowest BCUT2D eigenvalue weighted by molar-refractivity contribution is -0.130. The molecule has 16 heteroatoms. The van der Waals surface area contributed by atoms with Gasteiger partial charge in [0.2, 0.25) is 17.7 Å². The Balaban J connectivity index is 2.80. The van der Waals surface area contributed by atoms with E-state index in [9.17, 15) is 28.8 Å². The number of hydrogen-bond acceptors (Lipinski definition) is 9. The lowest BCUT2D eigenvalue weighted by atomic mass is 10.1. The zero-order valence-electron chi connectivity index (χ0n) is 30.3. The summed E-state index contributed by atoms with van der Waals surface area (Å²) in [5.41, 5.74) is 11.5. The second-order valence-electron chi connectivity index (χ2n) is 13.0. The third-order valence-electron chi connectivity index (χ3n) is 7.14. The largest absolute Gasteiger partial charge is 0.445 e. The highest BCUT2D eigenvalue weighted by Gasteiger charge is 2.27. The van der Waals surface area contributed by atoms with Crippen LogP contribution in [0.2, 0.25) is 0 Å². The van der Waals surface area contributed by atoms with Crippen molar-refractivity contribution >= 4 is 41.6 Å². The molecule has 0 unspecified atom stereocenters. The van der Waals surface area contributed by atoms with E-state index in [4.69, 9.17) is 20.9 Å². The summed E-state index contributed by atoms with van der Waals surface area (Å²) in [6, 6.07) is 3.79. The first kappa shape index (κ1) is 43.2. The highest BCUT2D eigenvalue weighted by atomic mass is 16.6. The van der Waals surface area contributed by atoms with Crippen LogP contribution in [0.5, 0.6) is 0 Å². The van der Waals surface area contributed by atoms with Gasteiger partial charge in [0, 0.05) is 45.8 Å². The summed E-state index contributed by atoms with van der Waals surface area (Å²) in [4.78, 5) is 77.5. The summed E-state index contributed by atoms with van der Waals surface area (Å²) in [6.07, 6.45) is 1.83. The maximum Gasteiger partial charge on any atom is 0.410 e. The van der Waals surface area contributed by atoms with Crippen molar-refractivity contribution in [2.45, 2.75) is 90.5 Å². The number of nitrogens with one attached hydrogen (secondary N) is 4. The molecule has 0 aliphatic rings. The number of hydrogen-bond donors (Lipinski definition) is 6. The summed E-state index contributed by atoms with van der Waals surface area (Å²) in [6.45, 7) is 11.9. The molecule has 1 aromatic carbocycles. The van der Waals surface area contributed by atoms with Gasteiger partial charge in [-0.2, -0.15) is 0 Å². The van der Waals surface area contributed by atoms with Crippen molar-refractivity contribution in [2.24, 2.45) is 11.5 Å². The monoisotopic (exact) mass is 704 g/mol. The van der Waals surface area contributed by atoms with Crippen LogP contribution in [-0.2, 0) is 30.5 Å². The SMILES string of the molecule is C=C(C)[C@@H](NC(=O)CCCCCN)C(=O)N[C@H](CCCNC(N)=O)C(=O)Nc1ccc(COC(=O)N(C)CCN(C)C(=O)OC(C)(C)C)cc1. The Kier molecular flexibility index (Phi) is 19.0. The lowest BCUT2D eigenvalue weighted by Crippen LogP contribution is -2.53. The number of nitrogens with zero attached hydrogens (tertiary/aromatic N) is 2. The molecule has 0 saturated carbocycles. The quantitative estimate of drug-likeness (QED) is 0.0865. The second kappa shape index (κ2) is 22.0. The van der Waals surface area contributed by atoms with Crippen molar-refractivity contribution < 1.29 is 38.2 Å². The van der Waals surface area contributed by atoms with E-state index in [0.29, 0.717) is 36.2 Å². The smallest absolute Gasteiger partial charge is 0.410 e. The number of benzene rings is 1. The first-order valence-electron chi connectivity index (χ1n) is 16.6. The molecule has 8 N–H and O–H groups in total. The van der Waals surface area contributed by atoms with Crippen LogP contribution in [0.25, 0.3) is 0 Å². The molecule has 7 amide bonds. The molecule has 0 fully saturated rings. The van der Waals surface area contributed by atoms with E-state index >= 15 is 0 Å². The number of likely N-dealkylation sites (N-methyl/N-ethyl adjacent to an activating group) is 2. The first-order chi connectivity index (χ1) is 23.4. The Morgan fingerprint density at radius 3 is 2.06 bits per heavy atom. The molecule has 0 spiro atoms. The van der Waals surface area contributed by atoms with Gasteiger partial charge in [-0.3, -0.25) is 14.4 Å². The van der Waals surface area contributed by atoms with Crippen LogP contribution in [0.15, 0.2) is 36.4 Å². The number of rotatable bonds is 20. The Hall–Kier alpha value is -4.86. The van der Waals surface area contributed by atoms with Gasteiger partial charge >= 0.3 is 18.2 Å². The van der Waals surface area contributed by atoms with Crippen LogP contribution in [0.4, 0.5) is 20.1 Å². The van der Waals surface area contributed by atoms with Crippen LogP contribution in [-0.4, -0.2) is 104 Å². The molecule has 50 heavy (non-hydrogen) atoms. The fraction of sp³-hybridized carbons (Fsp3) is 0.588. The van der Waals surface area contributed by atoms with Gasteiger partial charge < -0.3 is 52.0 Å². The molecular formula is C34H56N8O8. The Morgan fingerprint density at radius 1 is 0.880 bits per heavy atom. The van der Waals surface area contributed by atoms with Crippen LogP contribution in [0.3, 0.4) is 0 Å². The van der Waals surface area contributed by atoms with Gasteiger partial charge in [-0.1, -0.05) is 25.1 Å². The number of primary amides is 1. The number of amides is 7. The predicted octanol–water partition coefficient (Wildman–Crippen LogP) is 2.57. The highest BCUT2D eigenvalue weighted by Crippen LogP contribution is 2.14. The minimum atomic E-state index is -1.05. The standard InChI is InChI=1S/C34H56N8O8/c1-23(2)28(40-27(43)13-9-8-10-18-35)30(45)39-26(12-11-19-37-31(36)46)29(44)38-25-16-14-24(15-17-25)22-49-32(47)41(6)20-21-42(7)33(48)50-34(3,4)5/h14-17,26,28H,1,8-13,18-22,35H2,2-7H3,(H,38,44)(H,39,45)(H,40,43)(H3,36,37,46)/t26-,28-/m1/s1. The number of urea groups is 1. The van der Waals surface area contributed by atoms with Crippen LogP contribution < -0.4 is 32.7 Å². The predicted molar refractivity (Wildman–Crippen MR) is 190 cm³/mol. The van der Waals surface area contributed by atoms with Gasteiger partial charge in [-0.05, 0) is 83.2 Å². The van der Waals surface area contributed by atoms with Crippen LogP contribution in [0, 0.1) is 0 Å². The summed E-state index contributed by atoms with van der Waals surface area (Å²) in [5.74, 6) is -1.45. The molecule has 0 saturated heterocycles. The van der Waals surface area contributed by atoms with Gasteiger partial charge in [-0.15, -0.1) is 0 Å². The maximum absolute atomic E-state index is 13.3. The Morgan fingerprint density at radius 2 is 1.50 bits per heavy atom. The molecule has 1 aromatic rings. The summed E-state index contributed by atoms with van der Waals surface area (Å²) in [5, 5.41) is 10.6. The third kappa shape index (κ3) is 18.1. The molecule has 0 radical (unpaired) electrons. The van der Waals surface area contributed by atoms with E-state index in [1.807, 2.05) is 0 Å². The van der Waals surface area contributed by atoms with E-state index in [-0.39, 0.29) is 45.0 Å². The summed E-state index contributed by atoms with van der Waals surface area (Å²) < 4.78 is 10.7. The van der Waals surface area contributed by atoms with Crippen molar-refractivity contribution in [1.29, 1.82) is 0 Å². The minimum absolute atomic E-state index is 0.0358. The maximum atomic E-state index is 13.3. The van der Waals surface area contributed by atoms with Crippen molar-refractivity contribution in [2.75, 3.05) is 45.6 Å². The molecule has 2 atom stereocenters. The third-order valence-corrected chi connectivity index (χ3v) is 7.14. The van der Waals surface area contributed by atoms with Crippen molar-refractivity contribution in [3.05, 3.63) is 42.0 Å². The van der Waals surface area contributed by atoms with Gasteiger partial charge in [-0.25, -0.2) is 14.4 Å². The van der Waals surface area contributed by atoms with E-state index in [2.05, 4.69) is 27.8 Å². The number of carbonyl (C=O) groups is 6. The minimum Gasteiger partial charge on any atom is -0.445 e. The fourth-order valence-corrected chi connectivity index (χ4v) is 4.29. The number of carbonyl (C=O) groups excluding carboxylic acids is 6. The molecule has 0 aromatic heterocycles. The van der Waals surface area contributed by atoms with Gasteiger partial charge in [0.15, 0.2) is 0 Å². The number of unbranched alkanes of at least 4 members (excludes halogenated alkanes) is 2. The van der Waals surface area contributed by atoms with Crippen molar-refractivity contribution in [3.8, 4) is 0 Å². The lowest BCUT2D eigenvalue weighted by Gasteiger charge is -2.26. The molecule has 1 rings (SSSR count). The second-order valence-corrected chi connectivity index (χ2v) is 13.0. The number of anilines is 1. The van der Waals surface area contributed by atoms with Gasteiger partial charge in [0.05, 0.1) is 0 Å². The normalized spacial score (nSPS) is 12.1. The van der Waals surface area contributed by atoms with Crippen molar-refractivity contribution in [1.82, 2.24) is 25.8 Å². The Bertz CT molecular complexity index is 1300. The highest BCUT2D eigenvalue weighted by molar-refractivity contribution is 5.99. The zero-order chi connectivity index (χ0) is 37.9. The number of ether oxygens (including phenoxy) is 2.